The minimum atomic E-state index is -0.666. The van der Waals surface area contributed by atoms with Crippen LogP contribution in [0.1, 0.15) is 44.5 Å². The SMILES string of the molecule is Cc1cc(C)cc(P(c2ccc(-c3ccc(P(c4cc(C)cc(C)c4)c4cc(C)cc(C)c4)cc3)cc2)c2cc(C)cc(C)c2)c1. The van der Waals surface area contributed by atoms with Crippen molar-refractivity contribution >= 4 is 47.7 Å². The molecule has 0 atom stereocenters. The Kier molecular flexibility index (Phi) is 9.43. The second-order valence-corrected chi connectivity index (χ2v) is 17.6. The molecule has 46 heavy (non-hydrogen) atoms. The fourth-order valence-electron chi connectivity index (χ4n) is 6.82. The van der Waals surface area contributed by atoms with E-state index in [1.807, 2.05) is 0 Å². The third-order valence-electron chi connectivity index (χ3n) is 8.44. The molecule has 230 valence electrons. The summed E-state index contributed by atoms with van der Waals surface area (Å²) in [7, 11) is -1.33. The predicted octanol–water partition coefficient (Wildman–Crippen LogP) is 9.34. The van der Waals surface area contributed by atoms with E-state index in [9.17, 15) is 0 Å². The molecule has 0 saturated carbocycles. The first-order chi connectivity index (χ1) is 22.0. The van der Waals surface area contributed by atoms with E-state index in [0.29, 0.717) is 0 Å². The van der Waals surface area contributed by atoms with Crippen LogP contribution in [-0.2, 0) is 0 Å². The summed E-state index contributed by atoms with van der Waals surface area (Å²) in [5, 5.41) is 8.44. The standard InChI is InChI=1S/C44H44P2/c1-29-17-30(2)22-41(21-29)45(42-23-31(3)18-32(4)24-42)39-13-9-37(10-14-39)38-11-15-40(16-12-38)46(43-25-33(5)19-34(6)26-43)44-27-35(7)20-36(8)28-44/h9-28H,1-8H3. The molecule has 0 aliphatic heterocycles. The molecule has 0 bridgehead atoms. The lowest BCUT2D eigenvalue weighted by atomic mass is 10.1. The normalized spacial score (nSPS) is 11.4. The summed E-state index contributed by atoms with van der Waals surface area (Å²) >= 11 is 0. The largest absolute Gasteiger partial charge is 0.0563 e. The fourth-order valence-corrected chi connectivity index (χ4v) is 12.2. The molecule has 0 nitrogen and oxygen atoms in total. The van der Waals surface area contributed by atoms with Crippen molar-refractivity contribution in [3.63, 3.8) is 0 Å². The van der Waals surface area contributed by atoms with E-state index in [1.54, 1.807) is 0 Å². The highest BCUT2D eigenvalue weighted by molar-refractivity contribution is 7.80. The first kappa shape index (κ1) is 32.1. The van der Waals surface area contributed by atoms with Crippen LogP contribution in [-0.4, -0.2) is 0 Å². The lowest BCUT2D eigenvalue weighted by Crippen LogP contribution is -2.22. The highest BCUT2D eigenvalue weighted by atomic mass is 31.1. The molecule has 0 fully saturated rings. The Morgan fingerprint density at radius 3 is 0.630 bits per heavy atom. The van der Waals surface area contributed by atoms with Gasteiger partial charge in [-0.05, 0) is 114 Å². The van der Waals surface area contributed by atoms with Crippen LogP contribution in [0.15, 0.2) is 121 Å². The first-order valence-electron chi connectivity index (χ1n) is 16.2. The summed E-state index contributed by atoms with van der Waals surface area (Å²) in [5.41, 5.74) is 13.1. The van der Waals surface area contributed by atoms with Crippen LogP contribution in [0.25, 0.3) is 11.1 Å². The maximum absolute atomic E-state index is 2.38. The van der Waals surface area contributed by atoms with Crippen LogP contribution in [0, 0.1) is 55.4 Å². The molecule has 0 aromatic heterocycles. The van der Waals surface area contributed by atoms with Gasteiger partial charge in [-0.2, -0.15) is 0 Å². The molecule has 6 rings (SSSR count). The molecule has 6 aromatic rings. The van der Waals surface area contributed by atoms with Crippen molar-refractivity contribution in [2.75, 3.05) is 0 Å². The van der Waals surface area contributed by atoms with E-state index in [1.165, 1.54) is 87.5 Å². The van der Waals surface area contributed by atoms with Crippen LogP contribution in [0.2, 0.25) is 0 Å². The average Bonchev–Trinajstić information content (AvgIpc) is 2.96. The maximum Gasteiger partial charge on any atom is -0.0134 e. The summed E-state index contributed by atoms with van der Waals surface area (Å²) in [6.07, 6.45) is 0. The molecule has 0 saturated heterocycles. The van der Waals surface area contributed by atoms with Gasteiger partial charge in [-0.15, -0.1) is 0 Å². The van der Waals surface area contributed by atoms with Crippen molar-refractivity contribution < 1.29 is 0 Å². The van der Waals surface area contributed by atoms with Gasteiger partial charge >= 0.3 is 0 Å². The molecule has 0 spiro atoms. The zero-order chi connectivity index (χ0) is 32.5. The van der Waals surface area contributed by atoms with E-state index >= 15 is 0 Å². The Morgan fingerprint density at radius 2 is 0.435 bits per heavy atom. The van der Waals surface area contributed by atoms with E-state index in [0.717, 1.165) is 0 Å². The summed E-state index contributed by atoms with van der Waals surface area (Å²) in [4.78, 5) is 0. The van der Waals surface area contributed by atoms with Crippen LogP contribution in [0.4, 0.5) is 0 Å². The maximum atomic E-state index is 2.38. The monoisotopic (exact) mass is 634 g/mol. The highest BCUT2D eigenvalue weighted by Crippen LogP contribution is 2.37. The van der Waals surface area contributed by atoms with Gasteiger partial charge in [0.05, 0.1) is 0 Å². The fraction of sp³-hybridized carbons (Fsp3) is 0.182. The van der Waals surface area contributed by atoms with Gasteiger partial charge < -0.3 is 0 Å². The molecule has 0 aliphatic carbocycles. The molecular formula is C44H44P2. The van der Waals surface area contributed by atoms with Gasteiger partial charge in [-0.1, -0.05) is 166 Å². The number of aryl methyl sites for hydroxylation is 8. The van der Waals surface area contributed by atoms with Gasteiger partial charge in [-0.3, -0.25) is 0 Å². The molecule has 6 aromatic carbocycles. The van der Waals surface area contributed by atoms with Crippen molar-refractivity contribution in [1.82, 2.24) is 0 Å². The predicted molar refractivity (Wildman–Crippen MR) is 207 cm³/mol. The molecular weight excluding hydrogens is 590 g/mol. The Labute approximate surface area is 279 Å². The van der Waals surface area contributed by atoms with Crippen molar-refractivity contribution in [3.05, 3.63) is 166 Å². The van der Waals surface area contributed by atoms with Gasteiger partial charge in [0, 0.05) is 0 Å². The van der Waals surface area contributed by atoms with Gasteiger partial charge in [0.15, 0.2) is 0 Å². The van der Waals surface area contributed by atoms with Crippen molar-refractivity contribution in [3.8, 4) is 11.1 Å². The van der Waals surface area contributed by atoms with E-state index < -0.39 is 15.8 Å². The number of hydrogen-bond donors (Lipinski definition) is 0. The minimum absolute atomic E-state index is 0.666. The third kappa shape index (κ3) is 7.26. The number of rotatable bonds is 7. The molecule has 0 heterocycles. The Bertz CT molecular complexity index is 1680. The van der Waals surface area contributed by atoms with Gasteiger partial charge in [0.2, 0.25) is 0 Å². The Balaban J connectivity index is 1.37. The molecule has 0 unspecified atom stereocenters. The van der Waals surface area contributed by atoms with E-state index in [-0.39, 0.29) is 0 Å². The van der Waals surface area contributed by atoms with Crippen molar-refractivity contribution in [1.29, 1.82) is 0 Å². The van der Waals surface area contributed by atoms with Crippen LogP contribution < -0.4 is 31.8 Å². The van der Waals surface area contributed by atoms with Crippen molar-refractivity contribution in [2.24, 2.45) is 0 Å². The van der Waals surface area contributed by atoms with Gasteiger partial charge in [-0.25, -0.2) is 0 Å². The first-order valence-corrected chi connectivity index (χ1v) is 18.8. The smallest absolute Gasteiger partial charge is 0.0134 e. The summed E-state index contributed by atoms with van der Waals surface area (Å²) < 4.78 is 0. The third-order valence-corrected chi connectivity index (χ3v) is 13.2. The van der Waals surface area contributed by atoms with Gasteiger partial charge in [0.25, 0.3) is 0 Å². The molecule has 0 aliphatic rings. The second kappa shape index (κ2) is 13.5. The topological polar surface area (TPSA) is 0 Å². The van der Waals surface area contributed by atoms with Crippen LogP contribution in [0.5, 0.6) is 0 Å². The zero-order valence-corrected chi connectivity index (χ0v) is 30.2. The Morgan fingerprint density at radius 1 is 0.239 bits per heavy atom. The van der Waals surface area contributed by atoms with E-state index in [4.69, 9.17) is 0 Å². The summed E-state index contributed by atoms with van der Waals surface area (Å²) in [6, 6.07) is 46.9. The molecule has 2 heteroatoms. The molecule has 0 N–H and O–H groups in total. The van der Waals surface area contributed by atoms with Crippen LogP contribution in [0.3, 0.4) is 0 Å². The molecule has 0 amide bonds. The lowest BCUT2D eigenvalue weighted by molar-refractivity contribution is 1.40. The number of benzene rings is 6. The second-order valence-electron chi connectivity index (χ2n) is 13.1. The highest BCUT2D eigenvalue weighted by Gasteiger charge is 2.20. The zero-order valence-electron chi connectivity index (χ0n) is 28.4. The quantitative estimate of drug-likeness (QED) is 0.154. The number of hydrogen-bond acceptors (Lipinski definition) is 0. The lowest BCUT2D eigenvalue weighted by Gasteiger charge is -2.22. The average molecular weight is 635 g/mol. The summed E-state index contributed by atoms with van der Waals surface area (Å²) in [5.74, 6) is 0. The van der Waals surface area contributed by atoms with Crippen LogP contribution >= 0.6 is 15.8 Å². The van der Waals surface area contributed by atoms with Gasteiger partial charge in [0.1, 0.15) is 0 Å². The summed E-state index contributed by atoms with van der Waals surface area (Å²) in [6.45, 7) is 17.7. The van der Waals surface area contributed by atoms with E-state index in [2.05, 4.69) is 177 Å². The Hall–Kier alpha value is -3.82. The minimum Gasteiger partial charge on any atom is -0.0563 e. The van der Waals surface area contributed by atoms with Crippen molar-refractivity contribution in [2.45, 2.75) is 55.4 Å². The molecule has 0 radical (unpaired) electrons.